The fourth-order valence-electron chi connectivity index (χ4n) is 2.42. The summed E-state index contributed by atoms with van der Waals surface area (Å²) in [5.74, 6) is -0.167. The van der Waals surface area contributed by atoms with E-state index in [1.165, 1.54) is 0 Å². The molecule has 0 fully saturated rings. The maximum atomic E-state index is 12.5. The van der Waals surface area contributed by atoms with Crippen molar-refractivity contribution < 1.29 is 4.79 Å². The van der Waals surface area contributed by atoms with Crippen LogP contribution in [0.3, 0.4) is 0 Å². The molecule has 0 saturated carbocycles. The van der Waals surface area contributed by atoms with Crippen LogP contribution in [0.4, 0.5) is 5.69 Å². The smallest absolute Gasteiger partial charge is 0.259 e. The van der Waals surface area contributed by atoms with Gasteiger partial charge in [0.15, 0.2) is 0 Å². The van der Waals surface area contributed by atoms with Gasteiger partial charge in [0.05, 0.1) is 23.1 Å². The van der Waals surface area contributed by atoms with Crippen LogP contribution in [0.2, 0.25) is 0 Å². The monoisotopic (exact) mass is 369 g/mol. The van der Waals surface area contributed by atoms with Gasteiger partial charge in [-0.1, -0.05) is 34.1 Å². The van der Waals surface area contributed by atoms with Gasteiger partial charge in [-0.3, -0.25) is 4.79 Å². The summed E-state index contributed by atoms with van der Waals surface area (Å²) >= 11 is 3.40. The van der Waals surface area contributed by atoms with Crippen LogP contribution in [0.1, 0.15) is 21.6 Å². The largest absolute Gasteiger partial charge is 0.322 e. The predicted molar refractivity (Wildman–Crippen MR) is 95.1 cm³/mol. The van der Waals surface area contributed by atoms with Gasteiger partial charge >= 0.3 is 0 Å². The van der Waals surface area contributed by atoms with E-state index >= 15 is 0 Å². The first-order valence-electron chi connectivity index (χ1n) is 7.23. The van der Waals surface area contributed by atoms with Crippen LogP contribution in [0, 0.1) is 13.8 Å². The normalized spacial score (nSPS) is 10.6. The molecular weight excluding hydrogens is 354 g/mol. The van der Waals surface area contributed by atoms with E-state index in [1.807, 2.05) is 62.4 Å². The number of hydrogen-bond acceptors (Lipinski definition) is 2. The highest BCUT2D eigenvalue weighted by molar-refractivity contribution is 9.10. The molecule has 0 aliphatic heterocycles. The number of benzene rings is 2. The van der Waals surface area contributed by atoms with Gasteiger partial charge in [-0.2, -0.15) is 5.10 Å². The van der Waals surface area contributed by atoms with E-state index in [0.29, 0.717) is 5.56 Å². The molecule has 4 nitrogen and oxygen atoms in total. The maximum absolute atomic E-state index is 12.5. The molecular formula is C18H16BrN3O. The Balaban J connectivity index is 1.88. The van der Waals surface area contributed by atoms with Crippen molar-refractivity contribution in [3.8, 4) is 5.69 Å². The molecule has 0 atom stereocenters. The molecule has 0 spiro atoms. The van der Waals surface area contributed by atoms with Crippen LogP contribution >= 0.6 is 15.9 Å². The zero-order valence-corrected chi connectivity index (χ0v) is 14.5. The summed E-state index contributed by atoms with van der Waals surface area (Å²) < 4.78 is 2.70. The average Bonchev–Trinajstić information content (AvgIpc) is 2.89. The number of anilines is 1. The van der Waals surface area contributed by atoms with E-state index in [9.17, 15) is 4.79 Å². The standard InChI is InChI=1S/C18H16BrN3O/c1-12-5-3-8-16(9-12)22-13(2)17(11-20-22)18(23)21-15-7-4-6-14(19)10-15/h3-11H,1-2H3,(H,21,23). The van der Waals surface area contributed by atoms with Gasteiger partial charge in [0, 0.05) is 10.2 Å². The summed E-state index contributed by atoms with van der Waals surface area (Å²) in [4.78, 5) is 12.5. The van der Waals surface area contributed by atoms with Crippen molar-refractivity contribution in [2.45, 2.75) is 13.8 Å². The Kier molecular flexibility index (Phi) is 4.30. The maximum Gasteiger partial charge on any atom is 0.259 e. The van der Waals surface area contributed by atoms with Gasteiger partial charge in [-0.05, 0) is 49.7 Å². The van der Waals surface area contributed by atoms with E-state index in [1.54, 1.807) is 10.9 Å². The van der Waals surface area contributed by atoms with Crippen molar-refractivity contribution in [2.24, 2.45) is 0 Å². The van der Waals surface area contributed by atoms with Crippen LogP contribution in [-0.4, -0.2) is 15.7 Å². The summed E-state index contributed by atoms with van der Waals surface area (Å²) in [6, 6.07) is 15.5. The lowest BCUT2D eigenvalue weighted by molar-refractivity contribution is 0.102. The lowest BCUT2D eigenvalue weighted by Crippen LogP contribution is -2.13. The third kappa shape index (κ3) is 3.35. The number of carbonyl (C=O) groups excluding carboxylic acids is 1. The van der Waals surface area contributed by atoms with Crippen LogP contribution in [0.5, 0.6) is 0 Å². The molecule has 0 saturated heterocycles. The number of nitrogens with zero attached hydrogens (tertiary/aromatic N) is 2. The Bertz CT molecular complexity index is 870. The number of nitrogens with one attached hydrogen (secondary N) is 1. The van der Waals surface area contributed by atoms with Crippen LogP contribution in [0.15, 0.2) is 59.2 Å². The number of carbonyl (C=O) groups is 1. The van der Waals surface area contributed by atoms with Gasteiger partial charge in [-0.15, -0.1) is 0 Å². The SMILES string of the molecule is Cc1cccc(-n2ncc(C(=O)Nc3cccc(Br)c3)c2C)c1. The van der Waals surface area contributed by atoms with Crippen molar-refractivity contribution in [1.29, 1.82) is 0 Å². The molecule has 116 valence electrons. The summed E-state index contributed by atoms with van der Waals surface area (Å²) in [6.45, 7) is 3.92. The quantitative estimate of drug-likeness (QED) is 0.738. The zero-order chi connectivity index (χ0) is 16.4. The van der Waals surface area contributed by atoms with Crippen LogP contribution in [0.25, 0.3) is 5.69 Å². The summed E-state index contributed by atoms with van der Waals surface area (Å²) in [6.07, 6.45) is 1.60. The van der Waals surface area contributed by atoms with Gasteiger partial charge in [-0.25, -0.2) is 4.68 Å². The van der Waals surface area contributed by atoms with E-state index in [4.69, 9.17) is 0 Å². The van der Waals surface area contributed by atoms with Crippen molar-refractivity contribution in [1.82, 2.24) is 9.78 Å². The Morgan fingerprint density at radius 1 is 1.13 bits per heavy atom. The van der Waals surface area contributed by atoms with Gasteiger partial charge < -0.3 is 5.32 Å². The second kappa shape index (κ2) is 6.38. The molecule has 2 aromatic carbocycles. The molecule has 3 aromatic rings. The van der Waals surface area contributed by atoms with Gasteiger partial charge in [0.25, 0.3) is 5.91 Å². The molecule has 23 heavy (non-hydrogen) atoms. The molecule has 1 heterocycles. The fourth-order valence-corrected chi connectivity index (χ4v) is 2.82. The molecule has 1 amide bonds. The second-order valence-corrected chi connectivity index (χ2v) is 6.27. The topological polar surface area (TPSA) is 46.9 Å². The Labute approximate surface area is 143 Å². The Hall–Kier alpha value is -2.40. The minimum Gasteiger partial charge on any atom is -0.322 e. The van der Waals surface area contributed by atoms with Crippen molar-refractivity contribution in [2.75, 3.05) is 5.32 Å². The van der Waals surface area contributed by atoms with E-state index in [0.717, 1.165) is 27.1 Å². The van der Waals surface area contributed by atoms with E-state index < -0.39 is 0 Å². The molecule has 3 rings (SSSR count). The summed E-state index contributed by atoms with van der Waals surface area (Å²) in [7, 11) is 0. The van der Waals surface area contributed by atoms with Crippen molar-refractivity contribution in [3.63, 3.8) is 0 Å². The lowest BCUT2D eigenvalue weighted by atomic mass is 10.2. The third-order valence-electron chi connectivity index (χ3n) is 3.58. The summed E-state index contributed by atoms with van der Waals surface area (Å²) in [5, 5.41) is 7.25. The highest BCUT2D eigenvalue weighted by Gasteiger charge is 2.15. The molecule has 1 aromatic heterocycles. The molecule has 0 radical (unpaired) electrons. The first-order valence-corrected chi connectivity index (χ1v) is 8.02. The second-order valence-electron chi connectivity index (χ2n) is 5.36. The Morgan fingerprint density at radius 2 is 1.91 bits per heavy atom. The van der Waals surface area contributed by atoms with Crippen molar-refractivity contribution >= 4 is 27.5 Å². The Morgan fingerprint density at radius 3 is 2.65 bits per heavy atom. The molecule has 0 bridgehead atoms. The molecule has 0 aliphatic rings. The van der Waals surface area contributed by atoms with Gasteiger partial charge in [0.2, 0.25) is 0 Å². The minimum atomic E-state index is -0.167. The molecule has 1 N–H and O–H groups in total. The number of halogens is 1. The lowest BCUT2D eigenvalue weighted by Gasteiger charge is -2.07. The van der Waals surface area contributed by atoms with E-state index in [2.05, 4.69) is 26.3 Å². The number of aryl methyl sites for hydroxylation is 1. The number of hydrogen-bond donors (Lipinski definition) is 1. The minimum absolute atomic E-state index is 0.167. The fraction of sp³-hybridized carbons (Fsp3) is 0.111. The average molecular weight is 370 g/mol. The number of rotatable bonds is 3. The number of amides is 1. The molecule has 0 aliphatic carbocycles. The molecule has 5 heteroatoms. The zero-order valence-electron chi connectivity index (χ0n) is 12.9. The van der Waals surface area contributed by atoms with Crippen LogP contribution < -0.4 is 5.32 Å². The molecule has 0 unspecified atom stereocenters. The van der Waals surface area contributed by atoms with Crippen molar-refractivity contribution in [3.05, 3.63) is 76.0 Å². The third-order valence-corrected chi connectivity index (χ3v) is 4.08. The number of aromatic nitrogens is 2. The first-order chi connectivity index (χ1) is 11.0. The first kappa shape index (κ1) is 15.5. The predicted octanol–water partition coefficient (Wildman–Crippen LogP) is 4.50. The van der Waals surface area contributed by atoms with Gasteiger partial charge in [0.1, 0.15) is 0 Å². The van der Waals surface area contributed by atoms with E-state index in [-0.39, 0.29) is 5.91 Å². The summed E-state index contributed by atoms with van der Waals surface area (Å²) in [5.41, 5.74) is 4.21. The highest BCUT2D eigenvalue weighted by atomic mass is 79.9. The highest BCUT2D eigenvalue weighted by Crippen LogP contribution is 2.19. The van der Waals surface area contributed by atoms with Crippen LogP contribution in [-0.2, 0) is 0 Å².